The molecule has 0 saturated carbocycles. The zero-order chi connectivity index (χ0) is 35.7. The van der Waals surface area contributed by atoms with E-state index < -0.39 is 76.3 Å². The van der Waals surface area contributed by atoms with Gasteiger partial charge in [-0.1, -0.05) is 33.8 Å². The number of alkyl halides is 13. The molecule has 3 rings (SSSR count). The predicted octanol–water partition coefficient (Wildman–Crippen LogP) is 8.82. The SMILES string of the molecule is CC1(C)CCN(c2cccc(N3C=C(C(=O)C(F)(F)C(F)(F)C(F)(F)F)C(C)(C)CC3)c2)C=C1C(=O)C(F)(F)C(C)(F)C(F)(F)F. The molecular formula is C29H29F13N2O2. The average Bonchev–Trinajstić information content (AvgIpc) is 2.90. The number of ketones is 2. The lowest BCUT2D eigenvalue weighted by atomic mass is 9.74. The van der Waals surface area contributed by atoms with E-state index in [2.05, 4.69) is 0 Å². The minimum absolute atomic E-state index is 0.00365. The standard InChI is InChI=1S/C29H29F13N2O2/c1-22(2)9-11-43(14-18(22)20(45)25(31,32)24(5,30)28(37,38)39)16-7-6-8-17(13-16)44-12-10-23(3,4)19(15-44)21(46)26(33,34)27(35,36)29(40,41)42/h6-8,13-15H,9-12H2,1-5H3. The Hall–Kier alpha value is -3.27. The number of carbonyl (C=O) groups excluding carboxylic acids is 2. The van der Waals surface area contributed by atoms with E-state index in [0.717, 1.165) is 11.1 Å². The first-order valence-electron chi connectivity index (χ1n) is 13.6. The lowest BCUT2D eigenvalue weighted by Crippen LogP contribution is -2.58. The summed E-state index contributed by atoms with van der Waals surface area (Å²) in [6.45, 7) is 4.47. The van der Waals surface area contributed by atoms with Crippen molar-refractivity contribution < 1.29 is 66.7 Å². The smallest absolute Gasteiger partial charge is 0.347 e. The number of carbonyl (C=O) groups is 2. The Balaban J connectivity index is 2.04. The Morgan fingerprint density at radius 3 is 1.35 bits per heavy atom. The number of rotatable bonds is 8. The quantitative estimate of drug-likeness (QED) is 0.257. The maximum absolute atomic E-state index is 14.7. The van der Waals surface area contributed by atoms with Gasteiger partial charge in [0.15, 0.2) is 0 Å². The van der Waals surface area contributed by atoms with Crippen LogP contribution in [0.3, 0.4) is 0 Å². The second-order valence-corrected chi connectivity index (χ2v) is 12.6. The van der Waals surface area contributed by atoms with Crippen LogP contribution in [0.2, 0.25) is 0 Å². The first kappa shape index (κ1) is 37.2. The van der Waals surface area contributed by atoms with E-state index >= 15 is 0 Å². The van der Waals surface area contributed by atoms with Crippen LogP contribution in [0.15, 0.2) is 47.8 Å². The third kappa shape index (κ3) is 6.09. The monoisotopic (exact) mass is 684 g/mol. The van der Waals surface area contributed by atoms with Gasteiger partial charge in [0, 0.05) is 48.0 Å². The molecule has 0 saturated heterocycles. The molecule has 0 fully saturated rings. The molecule has 4 nitrogen and oxygen atoms in total. The molecule has 1 aromatic rings. The van der Waals surface area contributed by atoms with Crippen molar-refractivity contribution in [3.63, 3.8) is 0 Å². The minimum atomic E-state index is -6.74. The van der Waals surface area contributed by atoms with Gasteiger partial charge in [-0.25, -0.2) is 4.39 Å². The van der Waals surface area contributed by atoms with Crippen molar-refractivity contribution >= 4 is 22.9 Å². The van der Waals surface area contributed by atoms with E-state index in [1.165, 1.54) is 56.9 Å². The molecule has 0 radical (unpaired) electrons. The van der Waals surface area contributed by atoms with E-state index in [-0.39, 0.29) is 37.3 Å². The number of halogens is 13. The highest BCUT2D eigenvalue weighted by atomic mass is 19.4. The van der Waals surface area contributed by atoms with Gasteiger partial charge in [-0.3, -0.25) is 9.59 Å². The van der Waals surface area contributed by atoms with Crippen LogP contribution in [0.4, 0.5) is 68.5 Å². The second kappa shape index (κ2) is 11.2. The molecule has 2 aliphatic heterocycles. The summed E-state index contributed by atoms with van der Waals surface area (Å²) in [4.78, 5) is 27.6. The van der Waals surface area contributed by atoms with Crippen LogP contribution in [0.5, 0.6) is 0 Å². The van der Waals surface area contributed by atoms with Crippen LogP contribution in [0.25, 0.3) is 0 Å². The maximum Gasteiger partial charge on any atom is 0.460 e. The summed E-state index contributed by atoms with van der Waals surface area (Å²) in [6, 6.07) is 5.29. The van der Waals surface area contributed by atoms with E-state index in [9.17, 15) is 66.7 Å². The van der Waals surface area contributed by atoms with Crippen LogP contribution < -0.4 is 9.80 Å². The first-order valence-corrected chi connectivity index (χ1v) is 13.6. The van der Waals surface area contributed by atoms with Crippen molar-refractivity contribution in [2.75, 3.05) is 22.9 Å². The lowest BCUT2D eigenvalue weighted by Gasteiger charge is -2.40. The summed E-state index contributed by atoms with van der Waals surface area (Å²) in [5.74, 6) is -23.5. The second-order valence-electron chi connectivity index (χ2n) is 12.6. The third-order valence-corrected chi connectivity index (χ3v) is 8.41. The van der Waals surface area contributed by atoms with Gasteiger partial charge < -0.3 is 9.80 Å². The predicted molar refractivity (Wildman–Crippen MR) is 141 cm³/mol. The van der Waals surface area contributed by atoms with Gasteiger partial charge in [0.1, 0.15) is 0 Å². The van der Waals surface area contributed by atoms with E-state index in [4.69, 9.17) is 0 Å². The van der Waals surface area contributed by atoms with Crippen LogP contribution in [-0.2, 0) is 9.59 Å². The molecule has 0 bridgehead atoms. The highest BCUT2D eigenvalue weighted by molar-refractivity contribution is 6.04. The molecule has 2 aliphatic rings. The van der Waals surface area contributed by atoms with Crippen LogP contribution in [0, 0.1) is 10.8 Å². The van der Waals surface area contributed by atoms with Gasteiger partial charge >= 0.3 is 30.1 Å². The Morgan fingerprint density at radius 1 is 0.630 bits per heavy atom. The molecule has 2 heterocycles. The average molecular weight is 685 g/mol. The summed E-state index contributed by atoms with van der Waals surface area (Å²) in [5.41, 5.74) is -9.92. The number of hydrogen-bond acceptors (Lipinski definition) is 4. The Labute approximate surface area is 254 Å². The van der Waals surface area contributed by atoms with Crippen molar-refractivity contribution in [2.24, 2.45) is 10.8 Å². The van der Waals surface area contributed by atoms with Gasteiger partial charge in [0.25, 0.3) is 5.67 Å². The highest BCUT2D eigenvalue weighted by Gasteiger charge is 2.76. The fraction of sp³-hybridized carbons (Fsp3) is 0.586. The molecule has 0 spiro atoms. The number of anilines is 2. The van der Waals surface area contributed by atoms with E-state index in [1.807, 2.05) is 0 Å². The summed E-state index contributed by atoms with van der Waals surface area (Å²) in [7, 11) is 0. The van der Waals surface area contributed by atoms with Crippen LogP contribution >= 0.6 is 0 Å². The molecule has 0 aliphatic carbocycles. The Kier molecular flexibility index (Phi) is 9.03. The lowest BCUT2D eigenvalue weighted by molar-refractivity contribution is -0.343. The summed E-state index contributed by atoms with van der Waals surface area (Å²) < 4.78 is 178. The molecule has 0 N–H and O–H groups in total. The highest BCUT2D eigenvalue weighted by Crippen LogP contribution is 2.51. The number of Topliss-reactive ketones (excluding diaryl/α,β-unsaturated/α-hetero) is 2. The molecule has 0 amide bonds. The van der Waals surface area contributed by atoms with Crippen molar-refractivity contribution in [2.45, 2.75) is 83.2 Å². The maximum atomic E-state index is 14.7. The third-order valence-electron chi connectivity index (χ3n) is 8.41. The van der Waals surface area contributed by atoms with Gasteiger partial charge in [-0.2, -0.15) is 52.7 Å². The van der Waals surface area contributed by atoms with Gasteiger partial charge in [0.2, 0.25) is 11.6 Å². The van der Waals surface area contributed by atoms with Crippen molar-refractivity contribution in [3.05, 3.63) is 47.8 Å². The summed E-state index contributed by atoms with van der Waals surface area (Å²) >= 11 is 0. The molecule has 258 valence electrons. The van der Waals surface area contributed by atoms with E-state index in [1.54, 1.807) is 0 Å². The van der Waals surface area contributed by atoms with Gasteiger partial charge in [-0.05, 0) is 48.8 Å². The zero-order valence-corrected chi connectivity index (χ0v) is 24.9. The van der Waals surface area contributed by atoms with Crippen molar-refractivity contribution in [3.8, 4) is 0 Å². The zero-order valence-electron chi connectivity index (χ0n) is 24.9. The molecule has 1 atom stereocenters. The van der Waals surface area contributed by atoms with Crippen LogP contribution in [-0.4, -0.2) is 60.4 Å². The minimum Gasteiger partial charge on any atom is -0.347 e. The molecule has 1 aromatic carbocycles. The molecule has 17 heteroatoms. The molecule has 46 heavy (non-hydrogen) atoms. The summed E-state index contributed by atoms with van der Waals surface area (Å²) in [5, 5.41) is 0. The number of allylic oxidation sites excluding steroid dienone is 2. The Bertz CT molecular complexity index is 1330. The van der Waals surface area contributed by atoms with Crippen molar-refractivity contribution in [1.82, 2.24) is 0 Å². The fourth-order valence-electron chi connectivity index (χ4n) is 4.90. The number of nitrogens with zero attached hydrogens (tertiary/aromatic N) is 2. The normalized spacial score (nSPS) is 20.9. The number of hydrogen-bond donors (Lipinski definition) is 0. The number of benzene rings is 1. The Morgan fingerprint density at radius 2 is 1.00 bits per heavy atom. The van der Waals surface area contributed by atoms with Gasteiger partial charge in [-0.15, -0.1) is 0 Å². The van der Waals surface area contributed by atoms with Crippen molar-refractivity contribution in [1.29, 1.82) is 0 Å². The topological polar surface area (TPSA) is 40.6 Å². The molecule has 1 unspecified atom stereocenters. The van der Waals surface area contributed by atoms with Crippen LogP contribution in [0.1, 0.15) is 47.5 Å². The fourth-order valence-corrected chi connectivity index (χ4v) is 4.90. The van der Waals surface area contributed by atoms with E-state index in [0.29, 0.717) is 6.20 Å². The first-order chi connectivity index (χ1) is 20.4. The molecular weight excluding hydrogens is 655 g/mol. The summed E-state index contributed by atoms with van der Waals surface area (Å²) in [6.07, 6.45) is -11.6. The largest absolute Gasteiger partial charge is 0.460 e. The van der Waals surface area contributed by atoms with Gasteiger partial charge in [0.05, 0.1) is 0 Å². The molecule has 0 aromatic heterocycles.